The summed E-state index contributed by atoms with van der Waals surface area (Å²) in [5, 5.41) is 10.5. The third-order valence-corrected chi connectivity index (χ3v) is 9.31. The lowest BCUT2D eigenvalue weighted by molar-refractivity contribution is -0.134. The zero-order chi connectivity index (χ0) is 29.5. The lowest BCUT2D eigenvalue weighted by Crippen LogP contribution is -2.50. The van der Waals surface area contributed by atoms with E-state index in [9.17, 15) is 27.2 Å². The monoisotopic (exact) mass is 579 g/mol. The van der Waals surface area contributed by atoms with Crippen LogP contribution in [0, 0.1) is 29.6 Å². The number of nitrogens with one attached hydrogen (secondary N) is 2. The number of rotatable bonds is 8. The van der Waals surface area contributed by atoms with Gasteiger partial charge in [-0.15, -0.1) is 0 Å². The summed E-state index contributed by atoms with van der Waals surface area (Å²) in [4.78, 5) is 30.4. The van der Waals surface area contributed by atoms with Crippen LogP contribution >= 0.6 is 0 Å². The van der Waals surface area contributed by atoms with Gasteiger partial charge in [0.25, 0.3) is 5.92 Å². The van der Waals surface area contributed by atoms with E-state index in [2.05, 4.69) is 15.7 Å². The number of ether oxygens (including phenoxy) is 1. The molecule has 0 radical (unpaired) electrons. The number of carbonyl (C=O) groups is 2. The fourth-order valence-electron chi connectivity index (χ4n) is 6.81. The number of aromatic nitrogens is 3. The second-order valence-electron chi connectivity index (χ2n) is 13.8. The van der Waals surface area contributed by atoms with Gasteiger partial charge in [-0.05, 0) is 82.8 Å². The summed E-state index contributed by atoms with van der Waals surface area (Å²) in [6, 6.07) is 1.52. The number of hydrogen-bond acceptors (Lipinski definition) is 5. The van der Waals surface area contributed by atoms with Crippen LogP contribution in [0.15, 0.2) is 18.5 Å². The predicted octanol–water partition coefficient (Wildman–Crippen LogP) is 5.76. The second kappa shape index (κ2) is 9.29. The Morgan fingerprint density at radius 3 is 2.37 bits per heavy atom. The van der Waals surface area contributed by atoms with Gasteiger partial charge in [-0.2, -0.15) is 5.10 Å². The Labute approximate surface area is 236 Å². The van der Waals surface area contributed by atoms with Crippen LogP contribution in [0.3, 0.4) is 0 Å². The number of amides is 2. The van der Waals surface area contributed by atoms with Crippen LogP contribution in [0.25, 0.3) is 5.65 Å². The molecule has 2 aromatic rings. The number of alkyl carbamates (subject to hydrolysis) is 1. The summed E-state index contributed by atoms with van der Waals surface area (Å²) in [7, 11) is 0. The molecule has 0 saturated heterocycles. The van der Waals surface area contributed by atoms with Gasteiger partial charge in [-0.1, -0.05) is 0 Å². The maximum atomic E-state index is 14.1. The molecule has 2 amide bonds. The summed E-state index contributed by atoms with van der Waals surface area (Å²) in [5.74, 6) is -7.31. The predicted molar refractivity (Wildman–Crippen MR) is 140 cm³/mol. The molecular formula is C29H37F4N5O3. The average Bonchev–Trinajstić information content (AvgIpc) is 3.58. The van der Waals surface area contributed by atoms with Crippen LogP contribution in [0.4, 0.5) is 22.4 Å². The average molecular weight is 580 g/mol. The molecule has 0 aromatic carbocycles. The highest BCUT2D eigenvalue weighted by atomic mass is 19.3. The van der Waals surface area contributed by atoms with Gasteiger partial charge >= 0.3 is 6.09 Å². The van der Waals surface area contributed by atoms with Crippen LogP contribution in [-0.2, 0) is 15.1 Å². The maximum absolute atomic E-state index is 14.1. The molecule has 4 aliphatic carbocycles. The Bertz CT molecular complexity index is 1350. The van der Waals surface area contributed by atoms with Crippen LogP contribution in [0.5, 0.6) is 0 Å². The summed E-state index contributed by atoms with van der Waals surface area (Å²) in [6.45, 7) is 7.05. The fraction of sp³-hybridized carbons (Fsp3) is 0.724. The fourth-order valence-corrected chi connectivity index (χ4v) is 6.81. The molecule has 224 valence electrons. The van der Waals surface area contributed by atoms with Crippen LogP contribution in [0.2, 0.25) is 0 Å². The number of imidazole rings is 1. The van der Waals surface area contributed by atoms with Crippen LogP contribution in [0.1, 0.15) is 89.9 Å². The first-order chi connectivity index (χ1) is 19.0. The molecule has 2 aromatic heterocycles. The minimum Gasteiger partial charge on any atom is -0.444 e. The van der Waals surface area contributed by atoms with Crippen molar-refractivity contribution in [1.82, 2.24) is 25.2 Å². The Hall–Kier alpha value is -2.92. The molecule has 8 nitrogen and oxygen atoms in total. The molecule has 4 saturated carbocycles. The van der Waals surface area contributed by atoms with E-state index in [0.29, 0.717) is 11.3 Å². The SMILES string of the molecule is CC(C)(C)OC(=O)N[C@@](C)(c1cn2ncc([C@H](NC(=O)CC3CC(F)(F)C3)C3CC3)cc2n1)[C@@H]1C[C@@H]2[C@H](C1)C2(F)F. The van der Waals surface area contributed by atoms with Crippen LogP contribution in [-0.4, -0.2) is 44.0 Å². The van der Waals surface area contributed by atoms with Gasteiger partial charge in [0.2, 0.25) is 11.8 Å². The first-order valence-corrected chi connectivity index (χ1v) is 14.5. The Morgan fingerprint density at radius 1 is 1.12 bits per heavy atom. The zero-order valence-electron chi connectivity index (χ0n) is 23.7. The third-order valence-electron chi connectivity index (χ3n) is 9.31. The molecule has 0 unspecified atom stereocenters. The van der Waals surface area contributed by atoms with Gasteiger partial charge in [-0.3, -0.25) is 4.79 Å². The topological polar surface area (TPSA) is 97.6 Å². The maximum Gasteiger partial charge on any atom is 0.408 e. The van der Waals surface area contributed by atoms with Gasteiger partial charge in [0.05, 0.1) is 29.7 Å². The molecule has 0 aliphatic heterocycles. The van der Waals surface area contributed by atoms with Crippen LogP contribution < -0.4 is 10.6 Å². The van der Waals surface area contributed by atoms with Crippen molar-refractivity contribution in [3.8, 4) is 0 Å². The number of alkyl halides is 4. The number of fused-ring (bicyclic) bond motifs is 2. The van der Waals surface area contributed by atoms with Crippen molar-refractivity contribution < 1.29 is 31.9 Å². The normalized spacial score (nSPS) is 28.7. The first kappa shape index (κ1) is 28.2. The molecule has 2 N–H and O–H groups in total. The quantitative estimate of drug-likeness (QED) is 0.388. The molecule has 4 aliphatic rings. The molecule has 0 spiro atoms. The van der Waals surface area contributed by atoms with Crippen molar-refractivity contribution in [2.24, 2.45) is 29.6 Å². The molecular weight excluding hydrogens is 542 g/mol. The lowest BCUT2D eigenvalue weighted by Gasteiger charge is -2.37. The van der Waals surface area contributed by atoms with E-state index in [1.807, 2.05) is 6.07 Å². The van der Waals surface area contributed by atoms with E-state index in [1.165, 1.54) is 0 Å². The van der Waals surface area contributed by atoms with Gasteiger partial charge in [0, 0.05) is 31.1 Å². The highest BCUT2D eigenvalue weighted by Gasteiger charge is 2.73. The van der Waals surface area contributed by atoms with Crippen molar-refractivity contribution >= 4 is 17.6 Å². The van der Waals surface area contributed by atoms with Crippen molar-refractivity contribution in [2.75, 3.05) is 0 Å². The molecule has 2 heterocycles. The van der Waals surface area contributed by atoms with Gasteiger partial charge in [0.1, 0.15) is 5.60 Å². The lowest BCUT2D eigenvalue weighted by atomic mass is 9.79. The number of halogens is 4. The molecule has 12 heteroatoms. The number of hydrogen-bond donors (Lipinski definition) is 2. The summed E-state index contributed by atoms with van der Waals surface area (Å²) in [5.41, 5.74) is -0.0861. The smallest absolute Gasteiger partial charge is 0.408 e. The second-order valence-corrected chi connectivity index (χ2v) is 13.8. The largest absolute Gasteiger partial charge is 0.444 e. The van der Waals surface area contributed by atoms with Crippen molar-refractivity contribution in [3.05, 3.63) is 29.7 Å². The van der Waals surface area contributed by atoms with Crippen molar-refractivity contribution in [1.29, 1.82) is 0 Å². The molecule has 4 fully saturated rings. The number of nitrogens with zero attached hydrogens (tertiary/aromatic N) is 3. The van der Waals surface area contributed by atoms with E-state index in [0.717, 1.165) is 18.4 Å². The van der Waals surface area contributed by atoms with Gasteiger partial charge < -0.3 is 15.4 Å². The molecule has 5 atom stereocenters. The van der Waals surface area contributed by atoms with E-state index < -0.39 is 40.9 Å². The Kier molecular flexibility index (Phi) is 6.39. The molecule has 41 heavy (non-hydrogen) atoms. The van der Waals surface area contributed by atoms with Crippen molar-refractivity contribution in [3.63, 3.8) is 0 Å². The molecule has 0 bridgehead atoms. The highest BCUT2D eigenvalue weighted by Crippen LogP contribution is 2.67. The summed E-state index contributed by atoms with van der Waals surface area (Å²) in [6.07, 6.45) is 4.65. The summed E-state index contributed by atoms with van der Waals surface area (Å²) >= 11 is 0. The van der Waals surface area contributed by atoms with Crippen molar-refractivity contribution in [2.45, 2.75) is 102 Å². The van der Waals surface area contributed by atoms with E-state index in [-0.39, 0.29) is 61.8 Å². The highest BCUT2D eigenvalue weighted by molar-refractivity contribution is 5.77. The van der Waals surface area contributed by atoms with E-state index in [4.69, 9.17) is 9.72 Å². The first-order valence-electron chi connectivity index (χ1n) is 14.5. The minimum atomic E-state index is -2.67. The summed E-state index contributed by atoms with van der Waals surface area (Å²) < 4.78 is 61.6. The number of carbonyl (C=O) groups excluding carboxylic acids is 2. The third kappa shape index (κ3) is 5.50. The van der Waals surface area contributed by atoms with Gasteiger partial charge in [0.15, 0.2) is 5.65 Å². The Morgan fingerprint density at radius 2 is 1.78 bits per heavy atom. The molecule has 6 rings (SSSR count). The Balaban J connectivity index is 1.24. The minimum absolute atomic E-state index is 0.0686. The zero-order valence-corrected chi connectivity index (χ0v) is 23.7. The standard InChI is InChI=1S/C29H37F4N5O3/c1-26(2,3)41-25(40)37-27(4,18-9-19-20(10-18)29(19,32)33)21-14-38-22(35-21)8-17(13-34-38)24(16-5-6-16)36-23(39)7-15-11-28(30,31)12-15/h8,13-16,18-20,24H,5-7,9-12H2,1-4H3,(H,36,39)(H,37,40)/t18-,19-,20+,24-,27-/m1/s1. The van der Waals surface area contributed by atoms with E-state index in [1.54, 1.807) is 44.6 Å². The van der Waals surface area contributed by atoms with Gasteiger partial charge in [-0.25, -0.2) is 31.9 Å². The van der Waals surface area contributed by atoms with E-state index >= 15 is 0 Å².